The van der Waals surface area contributed by atoms with E-state index in [4.69, 9.17) is 5.11 Å². The minimum atomic E-state index is -3.50. The third-order valence-corrected chi connectivity index (χ3v) is 2.52. The first-order valence-corrected chi connectivity index (χ1v) is 5.30. The molecule has 0 bridgehead atoms. The van der Waals surface area contributed by atoms with Gasteiger partial charge in [-0.2, -0.15) is 0 Å². The van der Waals surface area contributed by atoms with E-state index in [2.05, 4.69) is 0 Å². The summed E-state index contributed by atoms with van der Waals surface area (Å²) in [7, 11) is 0. The fourth-order valence-electron chi connectivity index (χ4n) is 1.53. The second-order valence-electron chi connectivity index (χ2n) is 4.03. The molecule has 0 aliphatic carbocycles. The van der Waals surface area contributed by atoms with E-state index in [-0.39, 0.29) is 12.0 Å². The highest BCUT2D eigenvalue weighted by Crippen LogP contribution is 2.35. The molecule has 0 atom stereocenters. The van der Waals surface area contributed by atoms with Gasteiger partial charge in [-0.15, -0.1) is 0 Å². The fraction of sp³-hybridized carbons (Fsp3) is 0.417. The first kappa shape index (κ1) is 14.5. The Hall–Kier alpha value is -1.59. The Morgan fingerprint density at radius 3 is 2.44 bits per heavy atom. The van der Waals surface area contributed by atoms with Crippen LogP contribution in [0.25, 0.3) is 0 Å². The van der Waals surface area contributed by atoms with Gasteiger partial charge in [-0.1, -0.05) is 0 Å². The van der Waals surface area contributed by atoms with Crippen molar-refractivity contribution in [3.8, 4) is 0 Å². The number of benzene rings is 1. The summed E-state index contributed by atoms with van der Waals surface area (Å²) >= 11 is 0. The molecule has 1 rings (SSSR count). The van der Waals surface area contributed by atoms with Gasteiger partial charge in [0.05, 0.1) is 5.56 Å². The molecule has 0 aromatic heterocycles. The summed E-state index contributed by atoms with van der Waals surface area (Å²) in [6, 6.07) is 1.17. The fourth-order valence-corrected chi connectivity index (χ4v) is 1.53. The van der Waals surface area contributed by atoms with Crippen molar-refractivity contribution in [3.05, 3.63) is 34.9 Å². The van der Waals surface area contributed by atoms with E-state index in [0.717, 1.165) is 6.07 Å². The van der Waals surface area contributed by atoms with E-state index in [1.54, 1.807) is 0 Å². The minimum Gasteiger partial charge on any atom is -0.481 e. The van der Waals surface area contributed by atoms with Crippen LogP contribution in [0, 0.1) is 18.6 Å². The summed E-state index contributed by atoms with van der Waals surface area (Å²) in [5.74, 6) is -6.91. The second-order valence-corrected chi connectivity index (χ2v) is 4.03. The van der Waals surface area contributed by atoms with Gasteiger partial charge in [-0.25, -0.2) is 17.6 Å². The Morgan fingerprint density at radius 1 is 1.28 bits per heavy atom. The highest BCUT2D eigenvalue weighted by atomic mass is 19.3. The van der Waals surface area contributed by atoms with E-state index in [1.807, 2.05) is 0 Å². The number of halogens is 4. The quantitative estimate of drug-likeness (QED) is 0.825. The summed E-state index contributed by atoms with van der Waals surface area (Å²) in [5.41, 5.74) is -0.976. The third-order valence-electron chi connectivity index (χ3n) is 2.52. The number of aliphatic carboxylic acids is 1. The summed E-state index contributed by atoms with van der Waals surface area (Å²) in [4.78, 5) is 10.2. The highest BCUT2D eigenvalue weighted by molar-refractivity contribution is 5.66. The van der Waals surface area contributed by atoms with Crippen LogP contribution in [-0.4, -0.2) is 11.1 Å². The Kier molecular flexibility index (Phi) is 4.32. The Balaban J connectivity index is 2.90. The molecule has 0 aliphatic heterocycles. The van der Waals surface area contributed by atoms with E-state index in [9.17, 15) is 22.4 Å². The molecule has 6 heteroatoms. The molecular formula is C12H12F4O2. The number of hydrogen-bond donors (Lipinski definition) is 1. The maximum Gasteiger partial charge on any atom is 0.303 e. The van der Waals surface area contributed by atoms with Crippen LogP contribution >= 0.6 is 0 Å². The van der Waals surface area contributed by atoms with Gasteiger partial charge < -0.3 is 5.11 Å². The monoisotopic (exact) mass is 264 g/mol. The van der Waals surface area contributed by atoms with Crippen LogP contribution in [0.1, 0.15) is 30.4 Å². The van der Waals surface area contributed by atoms with Crippen LogP contribution in [-0.2, 0) is 10.7 Å². The van der Waals surface area contributed by atoms with Gasteiger partial charge in [-0.05, 0) is 25.0 Å². The lowest BCUT2D eigenvalue weighted by atomic mass is 10.00. The molecule has 1 aromatic rings. The largest absolute Gasteiger partial charge is 0.481 e. The van der Waals surface area contributed by atoms with Crippen LogP contribution in [0.5, 0.6) is 0 Å². The predicted molar refractivity (Wildman–Crippen MR) is 56.5 cm³/mol. The molecular weight excluding hydrogens is 252 g/mol. The number of aryl methyl sites for hydroxylation is 1. The number of carbonyl (C=O) groups is 1. The van der Waals surface area contributed by atoms with Gasteiger partial charge in [0.2, 0.25) is 0 Å². The van der Waals surface area contributed by atoms with Crippen LogP contribution in [0.4, 0.5) is 17.6 Å². The summed E-state index contributed by atoms with van der Waals surface area (Å²) in [5, 5.41) is 8.35. The molecule has 0 saturated heterocycles. The van der Waals surface area contributed by atoms with Crippen LogP contribution in [0.15, 0.2) is 12.1 Å². The molecule has 0 spiro atoms. The maximum absolute atomic E-state index is 13.6. The molecule has 100 valence electrons. The van der Waals surface area contributed by atoms with E-state index >= 15 is 0 Å². The van der Waals surface area contributed by atoms with Crippen molar-refractivity contribution in [1.82, 2.24) is 0 Å². The standard InChI is InChI=1S/C12H12F4O2/c1-7-5-8(10(14)6-9(7)13)12(15,16)4-2-3-11(17)18/h5-6H,2-4H2,1H3,(H,17,18). The lowest BCUT2D eigenvalue weighted by Crippen LogP contribution is -2.16. The number of alkyl halides is 2. The second kappa shape index (κ2) is 5.37. The summed E-state index contributed by atoms with van der Waals surface area (Å²) < 4.78 is 53.5. The molecule has 0 unspecified atom stereocenters. The normalized spacial score (nSPS) is 11.6. The molecule has 2 nitrogen and oxygen atoms in total. The maximum atomic E-state index is 13.6. The number of hydrogen-bond acceptors (Lipinski definition) is 1. The molecule has 1 aromatic carbocycles. The van der Waals surface area contributed by atoms with E-state index < -0.39 is 41.9 Å². The van der Waals surface area contributed by atoms with Gasteiger partial charge in [0.15, 0.2) is 0 Å². The SMILES string of the molecule is Cc1cc(C(F)(F)CCCC(=O)O)c(F)cc1F. The van der Waals surface area contributed by atoms with Crippen molar-refractivity contribution in [2.45, 2.75) is 32.1 Å². The van der Waals surface area contributed by atoms with Crippen LogP contribution in [0.3, 0.4) is 0 Å². The average molecular weight is 264 g/mol. The zero-order chi connectivity index (χ0) is 13.9. The molecule has 0 heterocycles. The molecule has 18 heavy (non-hydrogen) atoms. The van der Waals surface area contributed by atoms with Crippen LogP contribution < -0.4 is 0 Å². The Labute approximate surface area is 101 Å². The van der Waals surface area contributed by atoms with Crippen molar-refractivity contribution < 1.29 is 27.5 Å². The van der Waals surface area contributed by atoms with Gasteiger partial charge in [0.25, 0.3) is 5.92 Å². The zero-order valence-corrected chi connectivity index (χ0v) is 9.64. The highest BCUT2D eigenvalue weighted by Gasteiger charge is 2.34. The minimum absolute atomic E-state index is 0.0793. The average Bonchev–Trinajstić information content (AvgIpc) is 2.22. The van der Waals surface area contributed by atoms with Gasteiger partial charge in [-0.3, -0.25) is 4.79 Å². The molecule has 0 fully saturated rings. The van der Waals surface area contributed by atoms with Crippen molar-refractivity contribution >= 4 is 5.97 Å². The number of rotatable bonds is 5. The van der Waals surface area contributed by atoms with Gasteiger partial charge in [0, 0.05) is 18.9 Å². The van der Waals surface area contributed by atoms with Gasteiger partial charge in [0.1, 0.15) is 11.6 Å². The Morgan fingerprint density at radius 2 is 1.89 bits per heavy atom. The van der Waals surface area contributed by atoms with E-state index in [0.29, 0.717) is 6.07 Å². The Bertz CT molecular complexity index is 458. The van der Waals surface area contributed by atoms with E-state index in [1.165, 1.54) is 6.92 Å². The zero-order valence-electron chi connectivity index (χ0n) is 9.64. The summed E-state index contributed by atoms with van der Waals surface area (Å²) in [6.45, 7) is 1.26. The van der Waals surface area contributed by atoms with Crippen molar-refractivity contribution in [1.29, 1.82) is 0 Å². The smallest absolute Gasteiger partial charge is 0.303 e. The van der Waals surface area contributed by atoms with Gasteiger partial charge >= 0.3 is 5.97 Å². The summed E-state index contributed by atoms with van der Waals surface area (Å²) in [6.07, 6.45) is -1.49. The molecule has 0 radical (unpaired) electrons. The lowest BCUT2D eigenvalue weighted by Gasteiger charge is -2.17. The van der Waals surface area contributed by atoms with Crippen molar-refractivity contribution in [2.24, 2.45) is 0 Å². The molecule has 0 saturated carbocycles. The predicted octanol–water partition coefficient (Wildman–Crippen LogP) is 3.62. The molecule has 0 amide bonds. The lowest BCUT2D eigenvalue weighted by molar-refractivity contribution is -0.137. The first-order chi connectivity index (χ1) is 8.24. The van der Waals surface area contributed by atoms with Crippen molar-refractivity contribution in [2.75, 3.05) is 0 Å². The molecule has 0 aliphatic rings. The number of carboxylic acids is 1. The third kappa shape index (κ3) is 3.45. The van der Waals surface area contributed by atoms with Crippen molar-refractivity contribution in [3.63, 3.8) is 0 Å². The molecule has 1 N–H and O–H groups in total. The van der Waals surface area contributed by atoms with Crippen LogP contribution in [0.2, 0.25) is 0 Å². The topological polar surface area (TPSA) is 37.3 Å². The number of carboxylic acid groups (broad SMARTS) is 1. The first-order valence-electron chi connectivity index (χ1n) is 5.30.